The smallest absolute Gasteiger partial charge is 0.255 e. The molecule has 0 bridgehead atoms. The predicted molar refractivity (Wildman–Crippen MR) is 111 cm³/mol. The number of methoxy groups -OCH3 is 1. The van der Waals surface area contributed by atoms with Gasteiger partial charge in [-0.1, -0.05) is 42.5 Å². The van der Waals surface area contributed by atoms with E-state index in [1.165, 1.54) is 7.11 Å². The van der Waals surface area contributed by atoms with Crippen LogP contribution in [0.5, 0.6) is 11.5 Å². The van der Waals surface area contributed by atoms with Gasteiger partial charge < -0.3 is 20.1 Å². The molecule has 0 aromatic heterocycles. The highest BCUT2D eigenvalue weighted by Crippen LogP contribution is 2.18. The molecule has 0 aliphatic heterocycles. The number of para-hydroxylation sites is 1. The molecule has 0 atom stereocenters. The van der Waals surface area contributed by atoms with Gasteiger partial charge >= 0.3 is 0 Å². The molecule has 0 aliphatic carbocycles. The monoisotopic (exact) mass is 390 g/mol. The van der Waals surface area contributed by atoms with E-state index in [0.717, 1.165) is 5.56 Å². The molecule has 0 fully saturated rings. The third-order valence-corrected chi connectivity index (χ3v) is 4.15. The topological polar surface area (TPSA) is 76.7 Å². The number of hydrogen-bond acceptors (Lipinski definition) is 4. The Morgan fingerprint density at radius 2 is 1.55 bits per heavy atom. The van der Waals surface area contributed by atoms with E-state index in [-0.39, 0.29) is 18.4 Å². The van der Waals surface area contributed by atoms with Gasteiger partial charge in [0.05, 0.1) is 19.2 Å². The molecular formula is C23H22N2O4. The summed E-state index contributed by atoms with van der Waals surface area (Å²) < 4.78 is 10.9. The Morgan fingerprint density at radius 1 is 0.862 bits per heavy atom. The van der Waals surface area contributed by atoms with Crippen LogP contribution < -0.4 is 20.1 Å². The Morgan fingerprint density at radius 3 is 2.28 bits per heavy atom. The largest absolute Gasteiger partial charge is 0.496 e. The first-order chi connectivity index (χ1) is 14.2. The van der Waals surface area contributed by atoms with E-state index in [4.69, 9.17) is 9.47 Å². The van der Waals surface area contributed by atoms with Crippen LogP contribution in [0.4, 0.5) is 5.69 Å². The summed E-state index contributed by atoms with van der Waals surface area (Å²) >= 11 is 0. The summed E-state index contributed by atoms with van der Waals surface area (Å²) in [5.74, 6) is 0.460. The van der Waals surface area contributed by atoms with E-state index in [0.29, 0.717) is 29.4 Å². The van der Waals surface area contributed by atoms with Crippen LogP contribution in [-0.2, 0) is 11.4 Å². The molecule has 148 valence electrons. The third-order valence-electron chi connectivity index (χ3n) is 4.15. The zero-order valence-corrected chi connectivity index (χ0v) is 16.1. The van der Waals surface area contributed by atoms with Crippen LogP contribution in [0.3, 0.4) is 0 Å². The average Bonchev–Trinajstić information content (AvgIpc) is 2.77. The van der Waals surface area contributed by atoms with Crippen LogP contribution in [0, 0.1) is 0 Å². The summed E-state index contributed by atoms with van der Waals surface area (Å²) in [6.45, 7) is 0.324. The lowest BCUT2D eigenvalue weighted by atomic mass is 10.2. The molecule has 0 unspecified atom stereocenters. The molecular weight excluding hydrogens is 368 g/mol. The lowest BCUT2D eigenvalue weighted by Gasteiger charge is -2.10. The van der Waals surface area contributed by atoms with Crippen LogP contribution in [0.25, 0.3) is 0 Å². The molecule has 0 saturated carbocycles. The Balaban J connectivity index is 1.47. The fourth-order valence-electron chi connectivity index (χ4n) is 2.67. The van der Waals surface area contributed by atoms with Gasteiger partial charge in [-0.25, -0.2) is 0 Å². The second-order valence-corrected chi connectivity index (χ2v) is 6.23. The summed E-state index contributed by atoms with van der Waals surface area (Å²) in [7, 11) is 1.49. The molecule has 0 saturated heterocycles. The minimum absolute atomic E-state index is 0.150. The third kappa shape index (κ3) is 5.84. The number of benzene rings is 3. The second-order valence-electron chi connectivity index (χ2n) is 6.23. The first-order valence-electron chi connectivity index (χ1n) is 9.13. The maximum Gasteiger partial charge on any atom is 0.255 e. The molecule has 2 N–H and O–H groups in total. The predicted octanol–water partition coefficient (Wildman–Crippen LogP) is 3.64. The molecule has 0 spiro atoms. The number of nitrogens with one attached hydrogen (secondary N) is 2. The normalized spacial score (nSPS) is 10.1. The summed E-state index contributed by atoms with van der Waals surface area (Å²) in [6.07, 6.45) is 0. The Labute approximate surface area is 169 Å². The lowest BCUT2D eigenvalue weighted by molar-refractivity contribution is -0.115. The van der Waals surface area contributed by atoms with Crippen molar-refractivity contribution in [2.24, 2.45) is 0 Å². The minimum Gasteiger partial charge on any atom is -0.496 e. The van der Waals surface area contributed by atoms with Crippen molar-refractivity contribution in [3.8, 4) is 11.5 Å². The van der Waals surface area contributed by atoms with Gasteiger partial charge in [0.2, 0.25) is 5.91 Å². The van der Waals surface area contributed by atoms with Crippen molar-refractivity contribution < 1.29 is 19.1 Å². The van der Waals surface area contributed by atoms with Crippen LogP contribution in [-0.4, -0.2) is 25.5 Å². The Bertz CT molecular complexity index is 956. The van der Waals surface area contributed by atoms with Gasteiger partial charge in [-0.3, -0.25) is 9.59 Å². The summed E-state index contributed by atoms with van der Waals surface area (Å²) in [5.41, 5.74) is 2.08. The van der Waals surface area contributed by atoms with Crippen LogP contribution in [0.15, 0.2) is 78.9 Å². The van der Waals surface area contributed by atoms with Crippen molar-refractivity contribution in [2.75, 3.05) is 19.0 Å². The number of carbonyl (C=O) groups is 2. The van der Waals surface area contributed by atoms with Gasteiger partial charge in [0.25, 0.3) is 5.91 Å². The zero-order chi connectivity index (χ0) is 20.5. The fraction of sp³-hybridized carbons (Fsp3) is 0.130. The Kier molecular flexibility index (Phi) is 6.84. The molecule has 3 aromatic carbocycles. The van der Waals surface area contributed by atoms with Gasteiger partial charge in [0, 0.05) is 5.69 Å². The quantitative estimate of drug-likeness (QED) is 0.616. The second kappa shape index (κ2) is 9.94. The van der Waals surface area contributed by atoms with Crippen molar-refractivity contribution in [1.29, 1.82) is 0 Å². The van der Waals surface area contributed by atoms with Crippen molar-refractivity contribution in [1.82, 2.24) is 5.32 Å². The highest BCUT2D eigenvalue weighted by molar-refractivity contribution is 6.00. The molecule has 6 nitrogen and oxygen atoms in total. The molecule has 0 radical (unpaired) electrons. The van der Waals surface area contributed by atoms with Crippen LogP contribution >= 0.6 is 0 Å². The first-order valence-corrected chi connectivity index (χ1v) is 9.13. The standard InChI is InChI=1S/C23H22N2O4/c1-28-21-10-6-5-9-20(21)23(27)24-15-22(26)25-18-11-13-19(14-12-18)29-16-17-7-3-2-4-8-17/h2-14H,15-16H2,1H3,(H,24,27)(H,25,26). The van der Waals surface area contributed by atoms with Gasteiger partial charge in [0.15, 0.2) is 0 Å². The molecule has 3 rings (SSSR count). The zero-order valence-electron chi connectivity index (χ0n) is 16.1. The molecule has 0 aliphatic rings. The molecule has 3 aromatic rings. The van der Waals surface area contributed by atoms with Crippen LogP contribution in [0.1, 0.15) is 15.9 Å². The highest BCUT2D eigenvalue weighted by atomic mass is 16.5. The van der Waals surface area contributed by atoms with E-state index in [1.54, 1.807) is 48.5 Å². The van der Waals surface area contributed by atoms with E-state index >= 15 is 0 Å². The number of hydrogen-bond donors (Lipinski definition) is 2. The van der Waals surface area contributed by atoms with E-state index in [2.05, 4.69) is 10.6 Å². The molecule has 29 heavy (non-hydrogen) atoms. The van der Waals surface area contributed by atoms with Crippen molar-refractivity contribution in [3.05, 3.63) is 90.0 Å². The van der Waals surface area contributed by atoms with E-state index < -0.39 is 0 Å². The van der Waals surface area contributed by atoms with Crippen molar-refractivity contribution in [2.45, 2.75) is 6.61 Å². The summed E-state index contributed by atoms with van der Waals surface area (Å²) in [5, 5.41) is 5.33. The summed E-state index contributed by atoms with van der Waals surface area (Å²) in [4.78, 5) is 24.3. The average molecular weight is 390 g/mol. The number of anilines is 1. The van der Waals surface area contributed by atoms with Gasteiger partial charge in [-0.05, 0) is 42.0 Å². The van der Waals surface area contributed by atoms with Crippen molar-refractivity contribution >= 4 is 17.5 Å². The highest BCUT2D eigenvalue weighted by Gasteiger charge is 2.12. The SMILES string of the molecule is COc1ccccc1C(=O)NCC(=O)Nc1ccc(OCc2ccccc2)cc1. The van der Waals surface area contributed by atoms with Crippen LogP contribution in [0.2, 0.25) is 0 Å². The number of ether oxygens (including phenoxy) is 2. The van der Waals surface area contributed by atoms with Gasteiger partial charge in [0.1, 0.15) is 18.1 Å². The van der Waals surface area contributed by atoms with Gasteiger partial charge in [-0.15, -0.1) is 0 Å². The maximum absolute atomic E-state index is 12.2. The minimum atomic E-state index is -0.373. The Hall–Kier alpha value is -3.80. The van der Waals surface area contributed by atoms with E-state index in [1.807, 2.05) is 30.3 Å². The number of carbonyl (C=O) groups excluding carboxylic acids is 2. The molecule has 6 heteroatoms. The summed E-state index contributed by atoms with van der Waals surface area (Å²) in [6, 6.07) is 23.8. The van der Waals surface area contributed by atoms with E-state index in [9.17, 15) is 9.59 Å². The first kappa shape index (κ1) is 19.9. The van der Waals surface area contributed by atoms with Crippen molar-refractivity contribution in [3.63, 3.8) is 0 Å². The number of rotatable bonds is 8. The maximum atomic E-state index is 12.2. The molecule has 2 amide bonds. The number of amides is 2. The lowest BCUT2D eigenvalue weighted by Crippen LogP contribution is -2.33. The molecule has 0 heterocycles. The van der Waals surface area contributed by atoms with Gasteiger partial charge in [-0.2, -0.15) is 0 Å². The fourth-order valence-corrected chi connectivity index (χ4v) is 2.67.